The lowest BCUT2D eigenvalue weighted by molar-refractivity contribution is -0.124. The molecule has 150 valence electrons. The Labute approximate surface area is 163 Å². The molecule has 2 aromatic rings. The number of amides is 1. The molecule has 0 saturated heterocycles. The summed E-state index contributed by atoms with van der Waals surface area (Å²) in [5.74, 6) is -0.452. The smallest absolute Gasteiger partial charge is 0.359 e. The zero-order chi connectivity index (χ0) is 20.2. The summed E-state index contributed by atoms with van der Waals surface area (Å²) >= 11 is 0. The molecular formula is C20H25N3O5. The van der Waals surface area contributed by atoms with Crippen LogP contribution in [0.25, 0.3) is 0 Å². The Kier molecular flexibility index (Phi) is 8.71. The van der Waals surface area contributed by atoms with Crippen molar-refractivity contribution in [3.8, 4) is 5.75 Å². The van der Waals surface area contributed by atoms with Crippen molar-refractivity contribution in [1.29, 1.82) is 0 Å². The number of esters is 1. The van der Waals surface area contributed by atoms with Gasteiger partial charge < -0.3 is 14.8 Å². The Morgan fingerprint density at radius 1 is 1.11 bits per heavy atom. The molecule has 8 nitrogen and oxygen atoms in total. The summed E-state index contributed by atoms with van der Waals surface area (Å²) < 4.78 is 11.6. The quantitative estimate of drug-likeness (QED) is 0.466. The van der Waals surface area contributed by atoms with Crippen LogP contribution in [0.15, 0.2) is 47.3 Å². The molecule has 0 aliphatic rings. The maximum absolute atomic E-state index is 12.1. The molecule has 0 bridgehead atoms. The maximum Gasteiger partial charge on any atom is 0.359 e. The molecule has 0 saturated carbocycles. The zero-order valence-corrected chi connectivity index (χ0v) is 15.9. The van der Waals surface area contributed by atoms with Gasteiger partial charge in [-0.1, -0.05) is 38.0 Å². The molecule has 0 aliphatic carbocycles. The third-order valence-electron chi connectivity index (χ3n) is 3.83. The van der Waals surface area contributed by atoms with Crippen molar-refractivity contribution in [2.45, 2.75) is 32.7 Å². The first-order valence-corrected chi connectivity index (χ1v) is 9.30. The van der Waals surface area contributed by atoms with E-state index >= 15 is 0 Å². The maximum atomic E-state index is 12.1. The molecule has 0 spiro atoms. The monoisotopic (exact) mass is 387 g/mol. The topological polar surface area (TPSA) is 99.5 Å². The van der Waals surface area contributed by atoms with Crippen LogP contribution in [0.3, 0.4) is 0 Å². The third kappa shape index (κ3) is 7.22. The van der Waals surface area contributed by atoms with Crippen LogP contribution in [0, 0.1) is 0 Å². The number of ether oxygens (including phenoxy) is 2. The Morgan fingerprint density at radius 3 is 2.64 bits per heavy atom. The number of hydrogen-bond acceptors (Lipinski definition) is 6. The van der Waals surface area contributed by atoms with E-state index in [1.807, 2.05) is 18.2 Å². The Hall–Kier alpha value is -3.16. The highest BCUT2D eigenvalue weighted by molar-refractivity contribution is 5.89. The van der Waals surface area contributed by atoms with E-state index in [-0.39, 0.29) is 36.9 Å². The summed E-state index contributed by atoms with van der Waals surface area (Å²) in [5.41, 5.74) is -0.403. The minimum absolute atomic E-state index is 0.0434. The van der Waals surface area contributed by atoms with Crippen LogP contribution in [-0.2, 0) is 16.1 Å². The normalized spacial score (nSPS) is 10.3. The van der Waals surface area contributed by atoms with Crippen molar-refractivity contribution >= 4 is 11.9 Å². The van der Waals surface area contributed by atoms with E-state index in [1.165, 1.54) is 12.1 Å². The van der Waals surface area contributed by atoms with Crippen LogP contribution in [0.2, 0.25) is 0 Å². The van der Waals surface area contributed by atoms with Gasteiger partial charge in [0.2, 0.25) is 0 Å². The van der Waals surface area contributed by atoms with Gasteiger partial charge in [-0.05, 0) is 24.6 Å². The fourth-order valence-electron chi connectivity index (χ4n) is 2.34. The summed E-state index contributed by atoms with van der Waals surface area (Å²) in [5, 5.41) is 6.67. The van der Waals surface area contributed by atoms with Gasteiger partial charge in [-0.3, -0.25) is 9.59 Å². The van der Waals surface area contributed by atoms with Crippen LogP contribution in [0.5, 0.6) is 5.75 Å². The molecule has 0 aliphatic heterocycles. The summed E-state index contributed by atoms with van der Waals surface area (Å²) in [7, 11) is 0. The molecule has 2 rings (SSSR count). The minimum atomic E-state index is -0.763. The van der Waals surface area contributed by atoms with Crippen molar-refractivity contribution in [2.75, 3.05) is 19.8 Å². The van der Waals surface area contributed by atoms with Crippen molar-refractivity contribution in [3.63, 3.8) is 0 Å². The number of nitrogens with zero attached hydrogens (tertiary/aromatic N) is 2. The van der Waals surface area contributed by atoms with E-state index in [4.69, 9.17) is 9.47 Å². The fourth-order valence-corrected chi connectivity index (χ4v) is 2.34. The predicted molar refractivity (Wildman–Crippen MR) is 103 cm³/mol. The second-order valence-electron chi connectivity index (χ2n) is 6.07. The molecular weight excluding hydrogens is 362 g/mol. The molecule has 0 radical (unpaired) electrons. The number of benzene rings is 1. The molecule has 1 N–H and O–H groups in total. The van der Waals surface area contributed by atoms with E-state index < -0.39 is 5.97 Å². The average molecular weight is 387 g/mol. The highest BCUT2D eigenvalue weighted by atomic mass is 16.5. The lowest BCUT2D eigenvalue weighted by atomic mass is 10.2. The number of carbonyl (C=O) groups is 2. The lowest BCUT2D eigenvalue weighted by Gasteiger charge is -2.09. The number of carbonyl (C=O) groups excluding carboxylic acids is 2. The van der Waals surface area contributed by atoms with Gasteiger partial charge in [0.15, 0.2) is 12.3 Å². The van der Waals surface area contributed by atoms with Gasteiger partial charge in [0.1, 0.15) is 12.4 Å². The number of unbranched alkanes of at least 4 members (excludes halogenated alkanes) is 2. The second-order valence-corrected chi connectivity index (χ2v) is 6.07. The molecule has 1 aromatic carbocycles. The zero-order valence-electron chi connectivity index (χ0n) is 15.9. The first kappa shape index (κ1) is 21.1. The van der Waals surface area contributed by atoms with Crippen molar-refractivity contribution in [1.82, 2.24) is 15.1 Å². The van der Waals surface area contributed by atoms with Gasteiger partial charge in [0.25, 0.3) is 11.5 Å². The van der Waals surface area contributed by atoms with Gasteiger partial charge in [-0.2, -0.15) is 5.10 Å². The molecule has 1 amide bonds. The standard InChI is InChI=1S/C20H25N3O5/c1-2-3-7-12-21-18(24)15-28-20(26)17-10-11-19(25)23(22-17)13-14-27-16-8-5-4-6-9-16/h4-6,8-11H,2-3,7,12-15H2,1H3,(H,21,24). The molecule has 28 heavy (non-hydrogen) atoms. The number of aromatic nitrogens is 2. The van der Waals surface area contributed by atoms with Crippen molar-refractivity contribution in [2.24, 2.45) is 0 Å². The van der Waals surface area contributed by atoms with Gasteiger partial charge in [-0.25, -0.2) is 9.48 Å². The minimum Gasteiger partial charge on any atom is -0.492 e. The van der Waals surface area contributed by atoms with E-state index in [0.717, 1.165) is 23.9 Å². The number of nitrogens with one attached hydrogen (secondary N) is 1. The van der Waals surface area contributed by atoms with Crippen LogP contribution in [0.4, 0.5) is 0 Å². The molecule has 1 aromatic heterocycles. The SMILES string of the molecule is CCCCCNC(=O)COC(=O)c1ccc(=O)n(CCOc2ccccc2)n1. The third-order valence-corrected chi connectivity index (χ3v) is 3.83. The molecule has 0 atom stereocenters. The van der Waals surface area contributed by atoms with E-state index in [2.05, 4.69) is 17.3 Å². The van der Waals surface area contributed by atoms with Crippen LogP contribution >= 0.6 is 0 Å². The molecule has 0 unspecified atom stereocenters. The van der Waals surface area contributed by atoms with Gasteiger partial charge in [-0.15, -0.1) is 0 Å². The largest absolute Gasteiger partial charge is 0.492 e. The van der Waals surface area contributed by atoms with Gasteiger partial charge in [0.05, 0.1) is 6.54 Å². The van der Waals surface area contributed by atoms with Crippen LogP contribution in [-0.4, -0.2) is 41.4 Å². The lowest BCUT2D eigenvalue weighted by Crippen LogP contribution is -2.31. The highest BCUT2D eigenvalue weighted by Crippen LogP contribution is 2.07. The van der Waals surface area contributed by atoms with Gasteiger partial charge >= 0.3 is 5.97 Å². The molecule has 0 fully saturated rings. The summed E-state index contributed by atoms with van der Waals surface area (Å²) in [4.78, 5) is 35.6. The summed E-state index contributed by atoms with van der Waals surface area (Å²) in [6.07, 6.45) is 2.97. The van der Waals surface area contributed by atoms with E-state index in [9.17, 15) is 14.4 Å². The first-order valence-electron chi connectivity index (χ1n) is 9.30. The van der Waals surface area contributed by atoms with Crippen LogP contribution in [0.1, 0.15) is 36.7 Å². The van der Waals surface area contributed by atoms with Crippen molar-refractivity contribution < 1.29 is 19.1 Å². The van der Waals surface area contributed by atoms with Crippen molar-refractivity contribution in [3.05, 3.63) is 58.5 Å². The van der Waals surface area contributed by atoms with E-state index in [0.29, 0.717) is 12.3 Å². The Morgan fingerprint density at radius 2 is 1.89 bits per heavy atom. The first-order chi connectivity index (χ1) is 13.6. The second kappa shape index (κ2) is 11.5. The number of hydrogen-bond donors (Lipinski definition) is 1. The molecule has 1 heterocycles. The summed E-state index contributed by atoms with van der Waals surface area (Å²) in [6, 6.07) is 11.7. The summed E-state index contributed by atoms with van der Waals surface area (Å²) in [6.45, 7) is 2.63. The highest BCUT2D eigenvalue weighted by Gasteiger charge is 2.13. The van der Waals surface area contributed by atoms with Crippen LogP contribution < -0.4 is 15.6 Å². The fraction of sp³-hybridized carbons (Fsp3) is 0.400. The van der Waals surface area contributed by atoms with Gasteiger partial charge in [0, 0.05) is 12.6 Å². The number of para-hydroxylation sites is 1. The van der Waals surface area contributed by atoms with E-state index in [1.54, 1.807) is 12.1 Å². The Bertz CT molecular complexity index is 820. The molecule has 8 heteroatoms. The number of rotatable bonds is 11. The Balaban J connectivity index is 1.82. The average Bonchev–Trinajstić information content (AvgIpc) is 2.71. The predicted octanol–water partition coefficient (Wildman–Crippen LogP) is 1.79.